The summed E-state index contributed by atoms with van der Waals surface area (Å²) in [4.78, 5) is 0. The van der Waals surface area contributed by atoms with Gasteiger partial charge in [-0.1, -0.05) is 6.92 Å². The lowest BCUT2D eigenvalue weighted by Crippen LogP contribution is -2.21. The maximum atomic E-state index is 5.70. The van der Waals surface area contributed by atoms with Crippen molar-refractivity contribution in [2.24, 2.45) is 5.73 Å². The SMILES string of the molecule is CC(N)C(C)c1cnsc1. The first-order valence-electron chi connectivity index (χ1n) is 3.36. The minimum Gasteiger partial charge on any atom is -0.327 e. The van der Waals surface area contributed by atoms with E-state index >= 15 is 0 Å². The molecule has 0 spiro atoms. The molecule has 2 atom stereocenters. The van der Waals surface area contributed by atoms with Crippen LogP contribution in [-0.4, -0.2) is 10.4 Å². The minimum absolute atomic E-state index is 0.219. The third-order valence-corrected chi connectivity index (χ3v) is 2.37. The lowest BCUT2D eigenvalue weighted by molar-refractivity contribution is 0.614. The molecule has 2 nitrogen and oxygen atoms in total. The van der Waals surface area contributed by atoms with Crippen molar-refractivity contribution >= 4 is 11.5 Å². The van der Waals surface area contributed by atoms with Gasteiger partial charge in [0.1, 0.15) is 0 Å². The van der Waals surface area contributed by atoms with E-state index in [0.717, 1.165) is 0 Å². The van der Waals surface area contributed by atoms with Crippen LogP contribution in [0.25, 0.3) is 0 Å². The molecule has 10 heavy (non-hydrogen) atoms. The van der Waals surface area contributed by atoms with Crippen molar-refractivity contribution in [1.82, 2.24) is 4.37 Å². The van der Waals surface area contributed by atoms with Crippen molar-refractivity contribution < 1.29 is 0 Å². The van der Waals surface area contributed by atoms with Crippen molar-refractivity contribution in [3.8, 4) is 0 Å². The molecule has 0 aliphatic carbocycles. The van der Waals surface area contributed by atoms with E-state index in [1.54, 1.807) is 0 Å². The third-order valence-electron chi connectivity index (χ3n) is 1.77. The molecule has 2 unspecified atom stereocenters. The van der Waals surface area contributed by atoms with Crippen LogP contribution in [0.2, 0.25) is 0 Å². The summed E-state index contributed by atoms with van der Waals surface area (Å²) in [7, 11) is 0. The Morgan fingerprint density at radius 2 is 2.30 bits per heavy atom. The zero-order chi connectivity index (χ0) is 7.56. The molecule has 2 N–H and O–H groups in total. The first-order valence-corrected chi connectivity index (χ1v) is 4.20. The Bertz CT molecular complexity index is 181. The van der Waals surface area contributed by atoms with Gasteiger partial charge in [0.25, 0.3) is 0 Å². The van der Waals surface area contributed by atoms with Gasteiger partial charge in [-0.05, 0) is 29.9 Å². The summed E-state index contributed by atoms with van der Waals surface area (Å²) in [5, 5.41) is 2.05. The molecule has 0 aliphatic rings. The van der Waals surface area contributed by atoms with E-state index in [2.05, 4.69) is 11.3 Å². The average Bonchev–Trinajstić information content (AvgIpc) is 2.36. The Kier molecular flexibility index (Phi) is 2.40. The standard InChI is InChI=1S/C7H12N2S/c1-5(6(2)8)7-3-9-10-4-7/h3-6H,8H2,1-2H3. The largest absolute Gasteiger partial charge is 0.327 e. The molecule has 0 aromatic carbocycles. The molecule has 1 aromatic rings. The number of hydrogen-bond acceptors (Lipinski definition) is 3. The van der Waals surface area contributed by atoms with Gasteiger partial charge in [-0.3, -0.25) is 0 Å². The fourth-order valence-electron chi connectivity index (χ4n) is 0.741. The van der Waals surface area contributed by atoms with Crippen LogP contribution >= 0.6 is 11.5 Å². The molecule has 0 fully saturated rings. The second kappa shape index (κ2) is 3.12. The van der Waals surface area contributed by atoms with E-state index in [1.807, 2.05) is 18.5 Å². The summed E-state index contributed by atoms with van der Waals surface area (Å²) in [6.45, 7) is 4.14. The molecule has 0 saturated heterocycles. The molecule has 3 heteroatoms. The Morgan fingerprint density at radius 3 is 2.70 bits per heavy atom. The monoisotopic (exact) mass is 156 g/mol. The molecule has 0 saturated carbocycles. The number of rotatable bonds is 2. The number of hydrogen-bond donors (Lipinski definition) is 1. The lowest BCUT2D eigenvalue weighted by Gasteiger charge is -2.12. The summed E-state index contributed by atoms with van der Waals surface area (Å²) in [6, 6.07) is 0.219. The van der Waals surface area contributed by atoms with Gasteiger partial charge in [0.05, 0.1) is 0 Å². The van der Waals surface area contributed by atoms with E-state index in [1.165, 1.54) is 17.1 Å². The highest BCUT2D eigenvalue weighted by Gasteiger charge is 2.09. The highest BCUT2D eigenvalue weighted by molar-refractivity contribution is 7.03. The number of aromatic nitrogens is 1. The molecule has 0 amide bonds. The molecule has 0 bridgehead atoms. The van der Waals surface area contributed by atoms with Crippen molar-refractivity contribution in [1.29, 1.82) is 0 Å². The molecule has 1 heterocycles. The van der Waals surface area contributed by atoms with Gasteiger partial charge < -0.3 is 5.73 Å². The van der Waals surface area contributed by atoms with Crippen LogP contribution in [0.3, 0.4) is 0 Å². The normalized spacial score (nSPS) is 16.7. The smallest absolute Gasteiger partial charge is 0.0442 e. The van der Waals surface area contributed by atoms with Gasteiger partial charge in [0, 0.05) is 17.6 Å². The maximum Gasteiger partial charge on any atom is 0.0442 e. The van der Waals surface area contributed by atoms with Gasteiger partial charge in [0.2, 0.25) is 0 Å². The van der Waals surface area contributed by atoms with E-state index < -0.39 is 0 Å². The second-order valence-electron chi connectivity index (χ2n) is 2.61. The van der Waals surface area contributed by atoms with Gasteiger partial charge in [-0.25, -0.2) is 4.37 Å². The Balaban J connectivity index is 2.68. The summed E-state index contributed by atoms with van der Waals surface area (Å²) in [5.41, 5.74) is 6.95. The molecule has 0 aliphatic heterocycles. The van der Waals surface area contributed by atoms with Crippen molar-refractivity contribution in [3.63, 3.8) is 0 Å². The van der Waals surface area contributed by atoms with E-state index in [-0.39, 0.29) is 6.04 Å². The predicted molar refractivity (Wildman–Crippen MR) is 44.2 cm³/mol. The van der Waals surface area contributed by atoms with Gasteiger partial charge in [-0.2, -0.15) is 0 Å². The third kappa shape index (κ3) is 1.55. The van der Waals surface area contributed by atoms with Crippen molar-refractivity contribution in [2.75, 3.05) is 0 Å². The Hall–Kier alpha value is -0.410. The second-order valence-corrected chi connectivity index (χ2v) is 3.26. The summed E-state index contributed by atoms with van der Waals surface area (Å²) in [5.74, 6) is 0.429. The quantitative estimate of drug-likeness (QED) is 0.706. The van der Waals surface area contributed by atoms with E-state index in [0.29, 0.717) is 5.92 Å². The number of nitrogens with zero attached hydrogens (tertiary/aromatic N) is 1. The van der Waals surface area contributed by atoms with Crippen LogP contribution in [-0.2, 0) is 0 Å². The van der Waals surface area contributed by atoms with Crippen LogP contribution in [0, 0.1) is 0 Å². The molecular formula is C7H12N2S. The highest BCUT2D eigenvalue weighted by Crippen LogP contribution is 2.17. The summed E-state index contributed by atoms with van der Waals surface area (Å²) >= 11 is 1.48. The van der Waals surface area contributed by atoms with Crippen LogP contribution in [0.5, 0.6) is 0 Å². The minimum atomic E-state index is 0.219. The Morgan fingerprint density at radius 1 is 1.60 bits per heavy atom. The molecular weight excluding hydrogens is 144 g/mol. The first-order chi connectivity index (χ1) is 4.72. The van der Waals surface area contributed by atoms with Crippen molar-refractivity contribution in [2.45, 2.75) is 25.8 Å². The van der Waals surface area contributed by atoms with Crippen LogP contribution in [0.4, 0.5) is 0 Å². The van der Waals surface area contributed by atoms with E-state index in [9.17, 15) is 0 Å². The number of nitrogens with two attached hydrogens (primary N) is 1. The fourth-order valence-corrected chi connectivity index (χ4v) is 1.38. The van der Waals surface area contributed by atoms with Crippen LogP contribution in [0.1, 0.15) is 25.3 Å². The van der Waals surface area contributed by atoms with Crippen LogP contribution < -0.4 is 5.73 Å². The van der Waals surface area contributed by atoms with Gasteiger partial charge in [-0.15, -0.1) is 0 Å². The maximum absolute atomic E-state index is 5.70. The topological polar surface area (TPSA) is 38.9 Å². The van der Waals surface area contributed by atoms with E-state index in [4.69, 9.17) is 5.73 Å². The fraction of sp³-hybridized carbons (Fsp3) is 0.571. The molecule has 1 rings (SSSR count). The lowest BCUT2D eigenvalue weighted by atomic mass is 9.99. The van der Waals surface area contributed by atoms with Gasteiger partial charge in [0.15, 0.2) is 0 Å². The van der Waals surface area contributed by atoms with Crippen LogP contribution in [0.15, 0.2) is 11.6 Å². The summed E-state index contributed by atoms with van der Waals surface area (Å²) in [6.07, 6.45) is 1.89. The Labute approximate surface area is 65.2 Å². The van der Waals surface area contributed by atoms with Crippen molar-refractivity contribution in [3.05, 3.63) is 17.1 Å². The highest BCUT2D eigenvalue weighted by atomic mass is 32.1. The summed E-state index contributed by atoms with van der Waals surface area (Å²) < 4.78 is 4.01. The average molecular weight is 156 g/mol. The zero-order valence-corrected chi connectivity index (χ0v) is 7.06. The van der Waals surface area contributed by atoms with Gasteiger partial charge >= 0.3 is 0 Å². The molecule has 1 aromatic heterocycles. The molecule has 56 valence electrons. The molecule has 0 radical (unpaired) electrons. The zero-order valence-electron chi connectivity index (χ0n) is 6.24. The predicted octanol–water partition coefficient (Wildman–Crippen LogP) is 1.59. The first kappa shape index (κ1) is 7.69.